The van der Waals surface area contributed by atoms with E-state index in [-0.39, 0.29) is 23.8 Å². The second kappa shape index (κ2) is 9.19. The van der Waals surface area contributed by atoms with Crippen LogP contribution in [0.5, 0.6) is 5.75 Å². The first-order valence-corrected chi connectivity index (χ1v) is 10.8. The molecule has 0 atom stereocenters. The van der Waals surface area contributed by atoms with Gasteiger partial charge in [-0.3, -0.25) is 9.59 Å². The molecule has 4 rings (SSSR count). The molecule has 1 aromatic heterocycles. The molecule has 0 fully saturated rings. The van der Waals surface area contributed by atoms with Crippen LogP contribution in [0.4, 0.5) is 5.69 Å². The maximum absolute atomic E-state index is 12.7. The van der Waals surface area contributed by atoms with Crippen molar-refractivity contribution in [3.63, 3.8) is 0 Å². The Morgan fingerprint density at radius 2 is 1.97 bits per heavy atom. The number of para-hydroxylation sites is 1. The third-order valence-corrected chi connectivity index (χ3v) is 5.77. The van der Waals surface area contributed by atoms with E-state index in [0.29, 0.717) is 6.54 Å². The molecule has 0 radical (unpaired) electrons. The number of carbonyl (C=O) groups is 3. The van der Waals surface area contributed by atoms with Crippen molar-refractivity contribution in [3.8, 4) is 17.0 Å². The lowest BCUT2D eigenvalue weighted by Gasteiger charge is -2.18. The Bertz CT molecular complexity index is 1190. The van der Waals surface area contributed by atoms with E-state index < -0.39 is 18.5 Å². The van der Waals surface area contributed by atoms with Crippen molar-refractivity contribution in [1.82, 2.24) is 4.98 Å². The van der Waals surface area contributed by atoms with Crippen LogP contribution in [0.3, 0.4) is 0 Å². The Balaban J connectivity index is 1.41. The van der Waals surface area contributed by atoms with Gasteiger partial charge in [-0.1, -0.05) is 18.2 Å². The third-order valence-electron chi connectivity index (χ3n) is 4.99. The van der Waals surface area contributed by atoms with Crippen LogP contribution in [0.2, 0.25) is 0 Å². The highest BCUT2D eigenvalue weighted by Gasteiger charge is 2.26. The van der Waals surface area contributed by atoms with Crippen molar-refractivity contribution in [3.05, 3.63) is 64.0 Å². The van der Waals surface area contributed by atoms with Gasteiger partial charge in [-0.25, -0.2) is 9.78 Å². The molecule has 0 bridgehead atoms. The molecular weight excluding hydrogens is 430 g/mol. The zero-order valence-corrected chi connectivity index (χ0v) is 18.2. The standard InChI is InChI=1S/C23H21N3O5S/c1-14-25-18(13-32-14)15-6-7-19-16(10-15)8-9-26(19)22(28)12-31-23(29)17-4-2-3-5-20(17)30-11-21(24)27/h2-7,10,13H,8-9,11-12H2,1H3,(H2,24,27). The van der Waals surface area contributed by atoms with Gasteiger partial charge in [0.25, 0.3) is 11.8 Å². The first-order valence-electron chi connectivity index (χ1n) is 9.95. The van der Waals surface area contributed by atoms with Crippen LogP contribution in [-0.4, -0.2) is 42.5 Å². The van der Waals surface area contributed by atoms with Gasteiger partial charge < -0.3 is 20.1 Å². The normalized spacial score (nSPS) is 12.3. The summed E-state index contributed by atoms with van der Waals surface area (Å²) in [5.74, 6) is -1.53. The predicted molar refractivity (Wildman–Crippen MR) is 120 cm³/mol. The highest BCUT2D eigenvalue weighted by molar-refractivity contribution is 7.09. The van der Waals surface area contributed by atoms with Crippen molar-refractivity contribution in [2.45, 2.75) is 13.3 Å². The fourth-order valence-corrected chi connectivity index (χ4v) is 4.13. The van der Waals surface area contributed by atoms with Crippen LogP contribution < -0.4 is 15.4 Å². The van der Waals surface area contributed by atoms with Crippen LogP contribution in [0.15, 0.2) is 47.8 Å². The number of fused-ring (bicyclic) bond motifs is 1. The highest BCUT2D eigenvalue weighted by atomic mass is 32.1. The number of carbonyl (C=O) groups excluding carboxylic acids is 3. The summed E-state index contributed by atoms with van der Waals surface area (Å²) in [6.07, 6.45) is 0.718. The first-order chi connectivity index (χ1) is 15.4. The topological polar surface area (TPSA) is 112 Å². The molecule has 2 aromatic carbocycles. The number of esters is 1. The minimum atomic E-state index is -0.716. The lowest BCUT2D eigenvalue weighted by Crippen LogP contribution is -2.33. The summed E-state index contributed by atoms with van der Waals surface area (Å²) < 4.78 is 10.5. The lowest BCUT2D eigenvalue weighted by molar-refractivity contribution is -0.121. The second-order valence-electron chi connectivity index (χ2n) is 7.22. The summed E-state index contributed by atoms with van der Waals surface area (Å²) in [7, 11) is 0. The van der Waals surface area contributed by atoms with Crippen molar-refractivity contribution >= 4 is 34.8 Å². The molecule has 0 saturated carbocycles. The van der Waals surface area contributed by atoms with Gasteiger partial charge in [0.2, 0.25) is 0 Å². The average Bonchev–Trinajstić information content (AvgIpc) is 3.41. The Hall–Kier alpha value is -3.72. The van der Waals surface area contributed by atoms with E-state index >= 15 is 0 Å². The molecule has 164 valence electrons. The zero-order chi connectivity index (χ0) is 22.7. The number of nitrogens with zero attached hydrogens (tertiary/aromatic N) is 2. The Kier molecular flexibility index (Phi) is 6.18. The molecule has 32 heavy (non-hydrogen) atoms. The van der Waals surface area contributed by atoms with E-state index in [0.717, 1.165) is 33.9 Å². The number of nitrogens with two attached hydrogens (primary N) is 1. The van der Waals surface area contributed by atoms with Gasteiger partial charge in [0.05, 0.1) is 10.7 Å². The number of primary amides is 1. The van der Waals surface area contributed by atoms with Gasteiger partial charge in [0.1, 0.15) is 11.3 Å². The van der Waals surface area contributed by atoms with Crippen molar-refractivity contribution in [2.75, 3.05) is 24.7 Å². The van der Waals surface area contributed by atoms with E-state index in [9.17, 15) is 14.4 Å². The molecule has 0 spiro atoms. The number of amides is 2. The van der Waals surface area contributed by atoms with Crippen LogP contribution in [0, 0.1) is 6.92 Å². The highest BCUT2D eigenvalue weighted by Crippen LogP contribution is 2.33. The lowest BCUT2D eigenvalue weighted by atomic mass is 10.1. The molecule has 0 unspecified atom stereocenters. The van der Waals surface area contributed by atoms with E-state index in [1.807, 2.05) is 24.4 Å². The summed E-state index contributed by atoms with van der Waals surface area (Å²) in [4.78, 5) is 42.3. The number of thiazole rings is 1. The third kappa shape index (κ3) is 4.62. The SMILES string of the molecule is Cc1nc(-c2ccc3c(c2)CCN3C(=O)COC(=O)c2ccccc2OCC(N)=O)cs1. The Morgan fingerprint density at radius 1 is 1.16 bits per heavy atom. The summed E-state index contributed by atoms with van der Waals surface area (Å²) >= 11 is 1.59. The zero-order valence-electron chi connectivity index (χ0n) is 17.4. The molecule has 2 heterocycles. The van der Waals surface area contributed by atoms with Gasteiger partial charge in [-0.05, 0) is 43.2 Å². The fourth-order valence-electron chi connectivity index (χ4n) is 3.51. The summed E-state index contributed by atoms with van der Waals surface area (Å²) in [6, 6.07) is 12.2. The van der Waals surface area contributed by atoms with Crippen LogP contribution in [0.25, 0.3) is 11.3 Å². The number of aryl methyl sites for hydroxylation is 1. The van der Waals surface area contributed by atoms with Crippen LogP contribution in [-0.2, 0) is 20.7 Å². The number of anilines is 1. The number of benzene rings is 2. The molecule has 2 amide bonds. The fraction of sp³-hybridized carbons (Fsp3) is 0.217. The number of ether oxygens (including phenoxy) is 2. The van der Waals surface area contributed by atoms with Crippen LogP contribution in [0.1, 0.15) is 20.9 Å². The van der Waals surface area contributed by atoms with Crippen LogP contribution >= 0.6 is 11.3 Å². The van der Waals surface area contributed by atoms with E-state index in [1.54, 1.807) is 28.4 Å². The Labute approximate surface area is 188 Å². The Morgan fingerprint density at radius 3 is 2.72 bits per heavy atom. The van der Waals surface area contributed by atoms with E-state index in [2.05, 4.69) is 11.1 Å². The molecule has 1 aliphatic rings. The van der Waals surface area contributed by atoms with Gasteiger partial charge in [-0.15, -0.1) is 11.3 Å². The summed E-state index contributed by atoms with van der Waals surface area (Å²) in [5.41, 5.74) is 9.00. The second-order valence-corrected chi connectivity index (χ2v) is 8.28. The largest absolute Gasteiger partial charge is 0.483 e. The maximum Gasteiger partial charge on any atom is 0.342 e. The molecule has 0 saturated heterocycles. The quantitative estimate of drug-likeness (QED) is 0.553. The number of hydrogen-bond acceptors (Lipinski definition) is 7. The van der Waals surface area contributed by atoms with Gasteiger partial charge in [0.15, 0.2) is 13.2 Å². The molecule has 0 aliphatic carbocycles. The van der Waals surface area contributed by atoms with Crippen molar-refractivity contribution < 1.29 is 23.9 Å². The molecule has 9 heteroatoms. The molecular formula is C23H21N3O5S. The summed E-state index contributed by atoms with van der Waals surface area (Å²) in [5, 5.41) is 3.01. The average molecular weight is 452 g/mol. The maximum atomic E-state index is 12.7. The molecule has 3 aromatic rings. The van der Waals surface area contributed by atoms with Crippen molar-refractivity contribution in [2.24, 2.45) is 5.73 Å². The number of aromatic nitrogens is 1. The van der Waals surface area contributed by atoms with E-state index in [1.165, 1.54) is 12.1 Å². The minimum Gasteiger partial charge on any atom is -0.483 e. The van der Waals surface area contributed by atoms with Gasteiger partial charge in [0, 0.05) is 23.2 Å². The monoisotopic (exact) mass is 451 g/mol. The van der Waals surface area contributed by atoms with Crippen molar-refractivity contribution in [1.29, 1.82) is 0 Å². The smallest absolute Gasteiger partial charge is 0.342 e. The molecule has 2 N–H and O–H groups in total. The predicted octanol–water partition coefficient (Wildman–Crippen LogP) is 2.73. The number of hydrogen-bond donors (Lipinski definition) is 1. The molecule has 1 aliphatic heterocycles. The van der Waals surface area contributed by atoms with Gasteiger partial charge in [-0.2, -0.15) is 0 Å². The first kappa shape index (κ1) is 21.5. The number of rotatable bonds is 7. The minimum absolute atomic E-state index is 0.117. The molecule has 8 nitrogen and oxygen atoms in total. The van der Waals surface area contributed by atoms with Gasteiger partial charge >= 0.3 is 5.97 Å². The van der Waals surface area contributed by atoms with E-state index in [4.69, 9.17) is 15.2 Å². The summed E-state index contributed by atoms with van der Waals surface area (Å²) in [6.45, 7) is 1.71.